The molecule has 0 bridgehead atoms. The Labute approximate surface area is 126 Å². The van der Waals surface area contributed by atoms with E-state index in [-0.39, 0.29) is 12.6 Å². The molecule has 1 unspecified atom stereocenters. The summed E-state index contributed by atoms with van der Waals surface area (Å²) >= 11 is 6.01. The number of halogens is 1. The van der Waals surface area contributed by atoms with Gasteiger partial charge in [0.25, 0.3) is 0 Å². The van der Waals surface area contributed by atoms with Crippen LogP contribution in [0.5, 0.6) is 0 Å². The van der Waals surface area contributed by atoms with Crippen molar-refractivity contribution in [3.63, 3.8) is 0 Å². The van der Waals surface area contributed by atoms with Crippen LogP contribution in [0.4, 0.5) is 4.79 Å². The number of carboxylic acids is 1. The fraction of sp³-hybridized carbons (Fsp3) is 0.308. The highest BCUT2D eigenvalue weighted by Gasteiger charge is 2.12. The summed E-state index contributed by atoms with van der Waals surface area (Å²) in [6, 6.07) is 6.20. The number of carboxylic acid groups (broad SMARTS) is 1. The third-order valence-electron chi connectivity index (χ3n) is 2.57. The van der Waals surface area contributed by atoms with Crippen LogP contribution in [0.2, 0.25) is 5.02 Å². The van der Waals surface area contributed by atoms with E-state index in [9.17, 15) is 14.4 Å². The Hall–Kier alpha value is -2.28. The highest BCUT2D eigenvalue weighted by atomic mass is 35.5. The number of hydrogen-bond donors (Lipinski definition) is 4. The second kappa shape index (κ2) is 8.11. The molecule has 0 aliphatic heterocycles. The Bertz CT molecular complexity index is 536. The average molecular weight is 314 g/mol. The van der Waals surface area contributed by atoms with Crippen LogP contribution in [0.25, 0.3) is 0 Å². The summed E-state index contributed by atoms with van der Waals surface area (Å²) < 4.78 is 0. The van der Waals surface area contributed by atoms with E-state index in [1.165, 1.54) is 0 Å². The molecular weight excluding hydrogens is 298 g/mol. The lowest BCUT2D eigenvalue weighted by molar-refractivity contribution is -0.137. The second-order valence-electron chi connectivity index (χ2n) is 4.24. The van der Waals surface area contributed by atoms with Crippen molar-refractivity contribution in [3.8, 4) is 0 Å². The molecule has 7 nitrogen and oxygen atoms in total. The monoisotopic (exact) mass is 313 g/mol. The number of carbonyl (C=O) groups excluding carboxylic acids is 2. The molecule has 0 heterocycles. The molecule has 0 aromatic heterocycles. The molecule has 4 N–H and O–H groups in total. The molecule has 8 heteroatoms. The van der Waals surface area contributed by atoms with E-state index in [4.69, 9.17) is 16.7 Å². The van der Waals surface area contributed by atoms with Gasteiger partial charge in [0, 0.05) is 5.02 Å². The number of rotatable bonds is 6. The zero-order valence-electron chi connectivity index (χ0n) is 11.4. The number of nitrogens with one attached hydrogen (secondary N) is 3. The zero-order valence-corrected chi connectivity index (χ0v) is 12.1. The number of aliphatic carboxylic acids is 1. The fourth-order valence-electron chi connectivity index (χ4n) is 1.55. The van der Waals surface area contributed by atoms with E-state index in [0.29, 0.717) is 5.02 Å². The Kier molecular flexibility index (Phi) is 6.48. The number of carbonyl (C=O) groups is 3. The standard InChI is InChI=1S/C13H16ClN3O4/c1-8(9-4-2-3-5-10(9)14)17-13(21)16-6-11(18)15-7-12(19)20/h2-5,8H,6-7H2,1H3,(H,15,18)(H,19,20)(H2,16,17,21). The van der Waals surface area contributed by atoms with E-state index >= 15 is 0 Å². The summed E-state index contributed by atoms with van der Waals surface area (Å²) in [5.74, 6) is -1.74. The molecule has 0 aliphatic carbocycles. The highest BCUT2D eigenvalue weighted by molar-refractivity contribution is 6.31. The number of hydrogen-bond acceptors (Lipinski definition) is 3. The first kappa shape index (κ1) is 16.8. The molecule has 114 valence electrons. The fourth-order valence-corrected chi connectivity index (χ4v) is 1.85. The first-order valence-electron chi connectivity index (χ1n) is 6.17. The molecule has 1 rings (SSSR count). The van der Waals surface area contributed by atoms with Crippen molar-refractivity contribution in [3.05, 3.63) is 34.9 Å². The normalized spacial score (nSPS) is 11.3. The molecule has 0 aliphatic rings. The minimum Gasteiger partial charge on any atom is -0.480 e. The molecule has 0 saturated carbocycles. The minimum atomic E-state index is -1.15. The van der Waals surface area contributed by atoms with Crippen molar-refractivity contribution in [2.45, 2.75) is 13.0 Å². The zero-order chi connectivity index (χ0) is 15.8. The predicted octanol–water partition coefficient (Wildman–Crippen LogP) is 0.901. The molecule has 0 fully saturated rings. The first-order chi connectivity index (χ1) is 9.90. The molecule has 0 radical (unpaired) electrons. The number of benzene rings is 1. The van der Waals surface area contributed by atoms with Gasteiger partial charge >= 0.3 is 12.0 Å². The summed E-state index contributed by atoms with van der Waals surface area (Å²) in [6.45, 7) is 0.956. The second-order valence-corrected chi connectivity index (χ2v) is 4.65. The Morgan fingerprint density at radius 2 is 1.86 bits per heavy atom. The van der Waals surface area contributed by atoms with E-state index in [2.05, 4.69) is 16.0 Å². The molecule has 3 amide bonds. The van der Waals surface area contributed by atoms with E-state index in [0.717, 1.165) is 5.56 Å². The molecule has 0 spiro atoms. The van der Waals surface area contributed by atoms with Gasteiger partial charge in [0.2, 0.25) is 5.91 Å². The van der Waals surface area contributed by atoms with Crippen molar-refractivity contribution >= 4 is 29.5 Å². The quantitative estimate of drug-likeness (QED) is 0.626. The number of amides is 3. The first-order valence-corrected chi connectivity index (χ1v) is 6.55. The summed E-state index contributed by atoms with van der Waals surface area (Å²) in [5.41, 5.74) is 0.754. The van der Waals surface area contributed by atoms with Gasteiger partial charge in [-0.15, -0.1) is 0 Å². The molecule has 1 atom stereocenters. The lowest BCUT2D eigenvalue weighted by Crippen LogP contribution is -2.43. The third kappa shape index (κ3) is 6.13. The maximum Gasteiger partial charge on any atom is 0.322 e. The van der Waals surface area contributed by atoms with Crippen LogP contribution >= 0.6 is 11.6 Å². The van der Waals surface area contributed by atoms with Crippen LogP contribution in [0.15, 0.2) is 24.3 Å². The van der Waals surface area contributed by atoms with Gasteiger partial charge in [-0.25, -0.2) is 4.79 Å². The average Bonchev–Trinajstić information content (AvgIpc) is 2.43. The lowest BCUT2D eigenvalue weighted by Gasteiger charge is -2.16. The van der Waals surface area contributed by atoms with Gasteiger partial charge in [0.1, 0.15) is 6.54 Å². The molecule has 1 aromatic rings. The van der Waals surface area contributed by atoms with Crippen LogP contribution < -0.4 is 16.0 Å². The largest absolute Gasteiger partial charge is 0.480 e. The molecular formula is C13H16ClN3O4. The van der Waals surface area contributed by atoms with E-state index in [1.807, 2.05) is 0 Å². The van der Waals surface area contributed by atoms with Gasteiger partial charge < -0.3 is 21.1 Å². The maximum absolute atomic E-state index is 11.6. The summed E-state index contributed by atoms with van der Waals surface area (Å²) in [7, 11) is 0. The van der Waals surface area contributed by atoms with Crippen molar-refractivity contribution in [1.29, 1.82) is 0 Å². The molecule has 0 saturated heterocycles. The van der Waals surface area contributed by atoms with Crippen LogP contribution in [0.3, 0.4) is 0 Å². The minimum absolute atomic E-state index is 0.311. The van der Waals surface area contributed by atoms with Crippen LogP contribution in [0, 0.1) is 0 Å². The number of urea groups is 1. The Morgan fingerprint density at radius 3 is 2.48 bits per heavy atom. The highest BCUT2D eigenvalue weighted by Crippen LogP contribution is 2.21. The van der Waals surface area contributed by atoms with Crippen LogP contribution in [-0.2, 0) is 9.59 Å². The smallest absolute Gasteiger partial charge is 0.322 e. The Morgan fingerprint density at radius 1 is 1.19 bits per heavy atom. The van der Waals surface area contributed by atoms with E-state index < -0.39 is 24.5 Å². The van der Waals surface area contributed by atoms with E-state index in [1.54, 1.807) is 31.2 Å². The summed E-state index contributed by atoms with van der Waals surface area (Å²) in [5, 5.41) is 16.0. The van der Waals surface area contributed by atoms with Crippen molar-refractivity contribution in [2.75, 3.05) is 13.1 Å². The van der Waals surface area contributed by atoms with Gasteiger partial charge in [0.15, 0.2) is 0 Å². The lowest BCUT2D eigenvalue weighted by atomic mass is 10.1. The van der Waals surface area contributed by atoms with Crippen molar-refractivity contribution < 1.29 is 19.5 Å². The topological polar surface area (TPSA) is 108 Å². The summed E-state index contributed by atoms with van der Waals surface area (Å²) in [4.78, 5) is 33.1. The van der Waals surface area contributed by atoms with Crippen molar-refractivity contribution in [1.82, 2.24) is 16.0 Å². The van der Waals surface area contributed by atoms with Crippen LogP contribution in [0.1, 0.15) is 18.5 Å². The molecule has 1 aromatic carbocycles. The SMILES string of the molecule is CC(NC(=O)NCC(=O)NCC(=O)O)c1ccccc1Cl. The predicted molar refractivity (Wildman–Crippen MR) is 77.0 cm³/mol. The van der Waals surface area contributed by atoms with Gasteiger partial charge in [-0.2, -0.15) is 0 Å². The Balaban J connectivity index is 2.38. The van der Waals surface area contributed by atoms with Gasteiger partial charge in [-0.3, -0.25) is 9.59 Å². The van der Waals surface area contributed by atoms with Crippen LogP contribution in [-0.4, -0.2) is 36.1 Å². The van der Waals surface area contributed by atoms with Gasteiger partial charge in [-0.1, -0.05) is 29.8 Å². The van der Waals surface area contributed by atoms with Crippen molar-refractivity contribution in [2.24, 2.45) is 0 Å². The maximum atomic E-state index is 11.6. The third-order valence-corrected chi connectivity index (χ3v) is 2.91. The van der Waals surface area contributed by atoms with Gasteiger partial charge in [-0.05, 0) is 18.6 Å². The molecule has 21 heavy (non-hydrogen) atoms. The summed E-state index contributed by atoms with van der Waals surface area (Å²) in [6.07, 6.45) is 0. The van der Waals surface area contributed by atoms with Gasteiger partial charge in [0.05, 0.1) is 12.6 Å².